The first kappa shape index (κ1) is 14.4. The van der Waals surface area contributed by atoms with E-state index in [2.05, 4.69) is 0 Å². The molecule has 0 radical (unpaired) electrons. The van der Waals surface area contributed by atoms with Crippen LogP contribution in [0.15, 0.2) is 18.2 Å². The summed E-state index contributed by atoms with van der Waals surface area (Å²) in [4.78, 5) is 13.5. The fourth-order valence-corrected chi connectivity index (χ4v) is 1.47. The standard InChI is InChI=1S/C13H17NO3S/c1-5-16-12(15)11-9(2)7-6-8-10(11)17-13(18)14(3)4/h6-8H,5H2,1-4H3. The summed E-state index contributed by atoms with van der Waals surface area (Å²) in [5.74, 6) is 0.0271. The fourth-order valence-electron chi connectivity index (χ4n) is 1.38. The highest BCUT2D eigenvalue weighted by Gasteiger charge is 2.18. The summed E-state index contributed by atoms with van der Waals surface area (Å²) < 4.78 is 10.5. The zero-order valence-corrected chi connectivity index (χ0v) is 11.8. The molecule has 0 bridgehead atoms. The second-order valence-corrected chi connectivity index (χ2v) is 4.28. The van der Waals surface area contributed by atoms with Crippen molar-refractivity contribution in [1.82, 2.24) is 4.90 Å². The van der Waals surface area contributed by atoms with Gasteiger partial charge in [0.25, 0.3) is 5.17 Å². The summed E-state index contributed by atoms with van der Waals surface area (Å²) in [5.41, 5.74) is 1.22. The minimum Gasteiger partial charge on any atom is -0.462 e. The average molecular weight is 267 g/mol. The minimum atomic E-state index is -0.396. The Morgan fingerprint density at radius 3 is 2.61 bits per heavy atom. The summed E-state index contributed by atoms with van der Waals surface area (Å²) in [7, 11) is 3.56. The van der Waals surface area contributed by atoms with Crippen LogP contribution in [0.5, 0.6) is 5.75 Å². The molecule has 0 saturated carbocycles. The average Bonchev–Trinajstić information content (AvgIpc) is 2.29. The van der Waals surface area contributed by atoms with Gasteiger partial charge in [0.1, 0.15) is 11.3 Å². The second-order valence-electron chi connectivity index (χ2n) is 3.93. The van der Waals surface area contributed by atoms with Crippen LogP contribution in [0.25, 0.3) is 0 Å². The van der Waals surface area contributed by atoms with E-state index >= 15 is 0 Å². The van der Waals surface area contributed by atoms with E-state index in [1.54, 1.807) is 32.0 Å². The Morgan fingerprint density at radius 2 is 2.06 bits per heavy atom. The Labute approximate surface area is 112 Å². The quantitative estimate of drug-likeness (QED) is 0.621. The third-order valence-corrected chi connectivity index (χ3v) is 2.73. The zero-order chi connectivity index (χ0) is 13.7. The summed E-state index contributed by atoms with van der Waals surface area (Å²) in [5, 5.41) is 0.297. The molecule has 0 heterocycles. The molecule has 0 saturated heterocycles. The van der Waals surface area contributed by atoms with Crippen molar-refractivity contribution in [2.75, 3.05) is 20.7 Å². The van der Waals surface area contributed by atoms with Gasteiger partial charge in [-0.05, 0) is 37.7 Å². The topological polar surface area (TPSA) is 38.8 Å². The summed E-state index contributed by atoms with van der Waals surface area (Å²) in [6, 6.07) is 5.35. The normalized spacial score (nSPS) is 9.78. The number of thiocarbonyl (C=S) groups is 1. The van der Waals surface area contributed by atoms with Crippen molar-refractivity contribution in [3.05, 3.63) is 29.3 Å². The van der Waals surface area contributed by atoms with E-state index < -0.39 is 5.97 Å². The first-order valence-electron chi connectivity index (χ1n) is 5.63. The lowest BCUT2D eigenvalue weighted by atomic mass is 10.1. The van der Waals surface area contributed by atoms with Gasteiger partial charge in [0.05, 0.1) is 6.61 Å². The predicted molar refractivity (Wildman–Crippen MR) is 74.0 cm³/mol. The van der Waals surface area contributed by atoms with Crippen molar-refractivity contribution in [3.63, 3.8) is 0 Å². The van der Waals surface area contributed by atoms with Crippen molar-refractivity contribution in [2.24, 2.45) is 0 Å². The van der Waals surface area contributed by atoms with E-state index in [9.17, 15) is 4.79 Å². The van der Waals surface area contributed by atoms with Crippen molar-refractivity contribution in [3.8, 4) is 5.75 Å². The molecule has 1 aromatic carbocycles. The molecule has 0 atom stereocenters. The number of carbonyl (C=O) groups is 1. The highest BCUT2D eigenvalue weighted by atomic mass is 32.1. The molecule has 0 aromatic heterocycles. The first-order chi connectivity index (χ1) is 8.47. The molecule has 0 aliphatic heterocycles. The van der Waals surface area contributed by atoms with Gasteiger partial charge in [0.15, 0.2) is 0 Å². The van der Waals surface area contributed by atoms with Crippen molar-refractivity contribution in [1.29, 1.82) is 0 Å². The van der Waals surface area contributed by atoms with Gasteiger partial charge in [-0.25, -0.2) is 4.79 Å². The molecule has 0 N–H and O–H groups in total. The molecule has 18 heavy (non-hydrogen) atoms. The van der Waals surface area contributed by atoms with Crippen LogP contribution < -0.4 is 4.74 Å². The summed E-state index contributed by atoms with van der Waals surface area (Å²) >= 11 is 5.07. The van der Waals surface area contributed by atoms with Crippen LogP contribution in [0.1, 0.15) is 22.8 Å². The Morgan fingerprint density at radius 1 is 1.39 bits per heavy atom. The van der Waals surface area contributed by atoms with Crippen LogP contribution in [0, 0.1) is 6.92 Å². The number of esters is 1. The summed E-state index contributed by atoms with van der Waals surface area (Å²) in [6.45, 7) is 3.92. The Bertz CT molecular complexity index is 458. The van der Waals surface area contributed by atoms with Gasteiger partial charge in [-0.3, -0.25) is 0 Å². The van der Waals surface area contributed by atoms with E-state index in [4.69, 9.17) is 21.7 Å². The van der Waals surface area contributed by atoms with E-state index in [1.807, 2.05) is 19.1 Å². The van der Waals surface area contributed by atoms with Crippen LogP contribution in [-0.4, -0.2) is 36.7 Å². The minimum absolute atomic E-state index is 0.297. The van der Waals surface area contributed by atoms with E-state index in [1.165, 1.54) is 0 Å². The van der Waals surface area contributed by atoms with Crippen LogP contribution in [0.4, 0.5) is 0 Å². The number of hydrogen-bond donors (Lipinski definition) is 0. The van der Waals surface area contributed by atoms with Crippen LogP contribution >= 0.6 is 12.2 Å². The smallest absolute Gasteiger partial charge is 0.342 e. The molecule has 0 fully saturated rings. The van der Waals surface area contributed by atoms with Gasteiger partial charge >= 0.3 is 5.97 Å². The molecule has 4 nitrogen and oxygen atoms in total. The molecule has 0 amide bonds. The molecular formula is C13H17NO3S. The lowest BCUT2D eigenvalue weighted by Crippen LogP contribution is -2.26. The zero-order valence-electron chi connectivity index (χ0n) is 11.0. The van der Waals surface area contributed by atoms with E-state index in [0.29, 0.717) is 23.1 Å². The molecule has 0 aliphatic carbocycles. The van der Waals surface area contributed by atoms with Gasteiger partial charge in [0.2, 0.25) is 0 Å². The van der Waals surface area contributed by atoms with E-state index in [0.717, 1.165) is 5.56 Å². The Kier molecular flexibility index (Phi) is 5.09. The monoisotopic (exact) mass is 267 g/mol. The highest BCUT2D eigenvalue weighted by Crippen LogP contribution is 2.23. The predicted octanol–water partition coefficient (Wildman–Crippen LogP) is 2.40. The van der Waals surface area contributed by atoms with Crippen molar-refractivity contribution >= 4 is 23.4 Å². The van der Waals surface area contributed by atoms with Gasteiger partial charge < -0.3 is 14.4 Å². The SMILES string of the molecule is CCOC(=O)c1c(C)cccc1OC(=S)N(C)C. The van der Waals surface area contributed by atoms with Crippen LogP contribution in [-0.2, 0) is 4.74 Å². The highest BCUT2D eigenvalue weighted by molar-refractivity contribution is 7.80. The summed E-state index contributed by atoms with van der Waals surface area (Å²) in [6.07, 6.45) is 0. The largest absolute Gasteiger partial charge is 0.462 e. The number of benzene rings is 1. The second kappa shape index (κ2) is 6.35. The molecule has 0 spiro atoms. The maximum Gasteiger partial charge on any atom is 0.342 e. The molecule has 1 rings (SSSR count). The molecule has 5 heteroatoms. The van der Waals surface area contributed by atoms with Crippen LogP contribution in [0.2, 0.25) is 0 Å². The van der Waals surface area contributed by atoms with Gasteiger partial charge in [-0.2, -0.15) is 0 Å². The van der Waals surface area contributed by atoms with Crippen LogP contribution in [0.3, 0.4) is 0 Å². The molecule has 98 valence electrons. The number of ether oxygens (including phenoxy) is 2. The first-order valence-corrected chi connectivity index (χ1v) is 6.04. The van der Waals surface area contributed by atoms with Crippen molar-refractivity contribution < 1.29 is 14.3 Å². The number of nitrogens with zero attached hydrogens (tertiary/aromatic N) is 1. The number of carbonyl (C=O) groups excluding carboxylic acids is 1. The van der Waals surface area contributed by atoms with Crippen molar-refractivity contribution in [2.45, 2.75) is 13.8 Å². The van der Waals surface area contributed by atoms with Gasteiger partial charge in [0, 0.05) is 14.1 Å². The third-order valence-electron chi connectivity index (χ3n) is 2.28. The van der Waals surface area contributed by atoms with Gasteiger partial charge in [-0.15, -0.1) is 0 Å². The molecule has 1 aromatic rings. The molecule has 0 aliphatic rings. The Balaban J connectivity index is 3.08. The number of aryl methyl sites for hydroxylation is 1. The number of hydrogen-bond acceptors (Lipinski definition) is 4. The lowest BCUT2D eigenvalue weighted by Gasteiger charge is -2.17. The van der Waals surface area contributed by atoms with Gasteiger partial charge in [-0.1, -0.05) is 12.1 Å². The number of rotatable bonds is 3. The third kappa shape index (κ3) is 3.43. The molecular weight excluding hydrogens is 250 g/mol. The Hall–Kier alpha value is -1.62. The fraction of sp³-hybridized carbons (Fsp3) is 0.385. The lowest BCUT2D eigenvalue weighted by molar-refractivity contribution is 0.0523. The van der Waals surface area contributed by atoms with E-state index in [-0.39, 0.29) is 0 Å². The maximum absolute atomic E-state index is 11.9. The molecule has 0 unspecified atom stereocenters. The maximum atomic E-state index is 11.9.